The highest BCUT2D eigenvalue weighted by Gasteiger charge is 2.06. The number of hydrogen-bond acceptors (Lipinski definition) is 4. The van der Waals surface area contributed by atoms with Crippen molar-refractivity contribution in [3.63, 3.8) is 0 Å². The maximum Gasteiger partial charge on any atom is 0.167 e. The monoisotopic (exact) mass is 206 g/mol. The molecule has 0 fully saturated rings. The minimum atomic E-state index is 0.999. The molecule has 0 unspecified atom stereocenters. The van der Waals surface area contributed by atoms with Crippen molar-refractivity contribution in [1.82, 2.24) is 9.97 Å². The maximum absolute atomic E-state index is 4.37. The molecule has 0 aliphatic rings. The predicted octanol–water partition coefficient (Wildman–Crippen LogP) is 2.58. The molecule has 5 heteroatoms. The van der Waals surface area contributed by atoms with Gasteiger partial charge in [0.1, 0.15) is 10.1 Å². The summed E-state index contributed by atoms with van der Waals surface area (Å²) in [7, 11) is 0. The quantitative estimate of drug-likeness (QED) is 0.770. The van der Waals surface area contributed by atoms with Gasteiger partial charge in [0.2, 0.25) is 0 Å². The fraction of sp³-hybridized carbons (Fsp3) is 0.500. The Morgan fingerprint density at radius 1 is 1.09 bits per heavy atom. The van der Waals surface area contributed by atoms with Crippen LogP contribution in [-0.4, -0.2) is 28.7 Å². The molecule has 1 N–H and O–H groups in total. The van der Waals surface area contributed by atoms with Gasteiger partial charge in [-0.25, -0.2) is 4.98 Å². The van der Waals surface area contributed by atoms with Crippen LogP contribution in [0.25, 0.3) is 0 Å². The lowest BCUT2D eigenvalue weighted by Gasteiger charge is -1.90. The Kier molecular flexibility index (Phi) is 3.68. The predicted molar refractivity (Wildman–Crippen MR) is 53.9 cm³/mol. The zero-order valence-electron chi connectivity index (χ0n) is 6.67. The minimum absolute atomic E-state index is 0.999. The first-order valence-corrected chi connectivity index (χ1v) is 6.71. The maximum atomic E-state index is 4.37. The van der Waals surface area contributed by atoms with Crippen molar-refractivity contribution in [1.29, 1.82) is 0 Å². The van der Waals surface area contributed by atoms with E-state index in [1.54, 1.807) is 35.3 Å². The number of nitrogens with one attached hydrogen (secondary N) is 1. The van der Waals surface area contributed by atoms with E-state index in [-0.39, 0.29) is 0 Å². The number of hydrogen-bond donors (Lipinski definition) is 1. The molecule has 0 aromatic carbocycles. The first-order valence-electron chi connectivity index (χ1n) is 3.03. The van der Waals surface area contributed by atoms with E-state index in [1.165, 1.54) is 5.03 Å². The smallest absolute Gasteiger partial charge is 0.167 e. The van der Waals surface area contributed by atoms with Gasteiger partial charge in [-0.15, -0.1) is 23.5 Å². The topological polar surface area (TPSA) is 28.7 Å². The third-order valence-electron chi connectivity index (χ3n) is 1.21. The van der Waals surface area contributed by atoms with Gasteiger partial charge in [-0.2, -0.15) is 0 Å². The molecule has 0 atom stereocenters. The van der Waals surface area contributed by atoms with E-state index in [0.29, 0.717) is 0 Å². The summed E-state index contributed by atoms with van der Waals surface area (Å²) in [5.41, 5.74) is 0. The third-order valence-corrected chi connectivity index (χ3v) is 3.30. The van der Waals surface area contributed by atoms with Crippen molar-refractivity contribution in [2.45, 2.75) is 15.2 Å². The van der Waals surface area contributed by atoms with Crippen molar-refractivity contribution in [3.8, 4) is 0 Å². The molecule has 0 aliphatic carbocycles. The van der Waals surface area contributed by atoms with E-state index >= 15 is 0 Å². The van der Waals surface area contributed by atoms with E-state index in [9.17, 15) is 0 Å². The van der Waals surface area contributed by atoms with Gasteiger partial charge in [0.25, 0.3) is 0 Å². The summed E-state index contributed by atoms with van der Waals surface area (Å²) in [5, 5.41) is 3.27. The van der Waals surface area contributed by atoms with Crippen LogP contribution in [0, 0.1) is 0 Å². The van der Waals surface area contributed by atoms with Gasteiger partial charge < -0.3 is 4.98 Å². The van der Waals surface area contributed by atoms with E-state index < -0.39 is 0 Å². The zero-order valence-corrected chi connectivity index (χ0v) is 9.12. The number of thioether (sulfide) groups is 3. The molecule has 1 aromatic rings. The largest absolute Gasteiger partial charge is 0.327 e. The molecule has 0 aliphatic heterocycles. The molecule has 1 heterocycles. The highest BCUT2D eigenvalue weighted by molar-refractivity contribution is 8.01. The lowest BCUT2D eigenvalue weighted by atomic mass is 10.9. The summed E-state index contributed by atoms with van der Waals surface area (Å²) in [5.74, 6) is 0. The van der Waals surface area contributed by atoms with Crippen LogP contribution in [0.1, 0.15) is 0 Å². The molecule has 0 amide bonds. The van der Waals surface area contributed by atoms with E-state index in [0.717, 1.165) is 10.2 Å². The molecule has 0 radical (unpaired) electrons. The van der Waals surface area contributed by atoms with Gasteiger partial charge >= 0.3 is 0 Å². The average molecular weight is 206 g/mol. The normalized spacial score (nSPS) is 10.5. The van der Waals surface area contributed by atoms with Gasteiger partial charge in [-0.05, 0) is 18.8 Å². The van der Waals surface area contributed by atoms with Gasteiger partial charge in [-0.1, -0.05) is 11.8 Å². The Morgan fingerprint density at radius 3 is 2.18 bits per heavy atom. The molecule has 1 rings (SSSR count). The van der Waals surface area contributed by atoms with Gasteiger partial charge in [0.05, 0.1) is 0 Å². The van der Waals surface area contributed by atoms with Crippen molar-refractivity contribution in [2.24, 2.45) is 0 Å². The second kappa shape index (κ2) is 4.33. The van der Waals surface area contributed by atoms with Crippen LogP contribution >= 0.6 is 35.3 Å². The Labute approximate surface area is 79.3 Å². The summed E-state index contributed by atoms with van der Waals surface area (Å²) < 4.78 is 0. The molecule has 62 valence electrons. The SMILES string of the molecule is CSc1nc(SC)c(SC)[nH]1. The zero-order chi connectivity index (χ0) is 8.27. The highest BCUT2D eigenvalue weighted by Crippen LogP contribution is 2.27. The van der Waals surface area contributed by atoms with Crippen LogP contribution in [0.5, 0.6) is 0 Å². The standard InChI is InChI=1S/C6H10N2S3/c1-9-4-5(10-2)8-6(7-4)11-3/h1-3H3,(H,7,8). The number of rotatable bonds is 3. The van der Waals surface area contributed by atoms with E-state index in [2.05, 4.69) is 16.2 Å². The van der Waals surface area contributed by atoms with Crippen LogP contribution in [-0.2, 0) is 0 Å². The Balaban J connectivity index is 2.92. The van der Waals surface area contributed by atoms with E-state index in [4.69, 9.17) is 0 Å². The molecule has 0 saturated carbocycles. The van der Waals surface area contributed by atoms with E-state index in [1.807, 2.05) is 12.5 Å². The second-order valence-corrected chi connectivity index (χ2v) is 4.19. The lowest BCUT2D eigenvalue weighted by Crippen LogP contribution is -1.70. The molecular weight excluding hydrogens is 196 g/mol. The third kappa shape index (κ3) is 2.10. The number of nitrogens with zero attached hydrogens (tertiary/aromatic N) is 1. The molecular formula is C6H10N2S3. The fourth-order valence-corrected chi connectivity index (χ4v) is 2.54. The highest BCUT2D eigenvalue weighted by atomic mass is 32.2. The number of H-pyrrole nitrogens is 1. The van der Waals surface area contributed by atoms with Crippen molar-refractivity contribution in [2.75, 3.05) is 18.8 Å². The summed E-state index contributed by atoms with van der Waals surface area (Å²) in [6.45, 7) is 0. The number of aromatic nitrogens is 2. The average Bonchev–Trinajstić information content (AvgIpc) is 2.46. The fourth-order valence-electron chi connectivity index (χ4n) is 0.695. The summed E-state index contributed by atoms with van der Waals surface area (Å²) >= 11 is 5.02. The first kappa shape index (κ1) is 9.35. The Morgan fingerprint density at radius 2 is 1.82 bits per heavy atom. The summed E-state index contributed by atoms with van der Waals surface area (Å²) in [6.07, 6.45) is 6.12. The molecule has 0 saturated heterocycles. The summed E-state index contributed by atoms with van der Waals surface area (Å²) in [6, 6.07) is 0. The van der Waals surface area contributed by atoms with Crippen LogP contribution in [0.2, 0.25) is 0 Å². The van der Waals surface area contributed by atoms with Gasteiger partial charge in [-0.3, -0.25) is 0 Å². The summed E-state index contributed by atoms with van der Waals surface area (Å²) in [4.78, 5) is 7.59. The van der Waals surface area contributed by atoms with Crippen molar-refractivity contribution >= 4 is 35.3 Å². The van der Waals surface area contributed by atoms with Crippen LogP contribution in [0.15, 0.2) is 15.2 Å². The van der Waals surface area contributed by atoms with Crippen LogP contribution < -0.4 is 0 Å². The second-order valence-electron chi connectivity index (χ2n) is 1.79. The molecule has 11 heavy (non-hydrogen) atoms. The molecule has 2 nitrogen and oxygen atoms in total. The van der Waals surface area contributed by atoms with Gasteiger partial charge in [0, 0.05) is 0 Å². The Hall–Kier alpha value is 0.260. The van der Waals surface area contributed by atoms with Crippen LogP contribution in [0.4, 0.5) is 0 Å². The Bertz CT molecular complexity index is 212. The molecule has 0 spiro atoms. The molecule has 1 aromatic heterocycles. The van der Waals surface area contributed by atoms with Crippen LogP contribution in [0.3, 0.4) is 0 Å². The van der Waals surface area contributed by atoms with Crippen molar-refractivity contribution < 1.29 is 0 Å². The number of aromatic amines is 1. The van der Waals surface area contributed by atoms with Gasteiger partial charge in [0.15, 0.2) is 5.16 Å². The first-order chi connectivity index (χ1) is 5.31. The molecule has 0 bridgehead atoms. The van der Waals surface area contributed by atoms with Crippen molar-refractivity contribution in [3.05, 3.63) is 0 Å². The number of imidazole rings is 1. The lowest BCUT2D eigenvalue weighted by molar-refractivity contribution is 1.02. The minimum Gasteiger partial charge on any atom is -0.327 e.